The molecule has 16 heavy (non-hydrogen) atoms. The fourth-order valence-electron chi connectivity index (χ4n) is 2.05. The van der Waals surface area contributed by atoms with Crippen molar-refractivity contribution >= 4 is 11.6 Å². The molecule has 0 radical (unpaired) electrons. The molecule has 1 atom stereocenters. The van der Waals surface area contributed by atoms with Crippen LogP contribution in [0.1, 0.15) is 19.3 Å². The summed E-state index contributed by atoms with van der Waals surface area (Å²) in [5.74, 6) is 1.77. The first-order valence-corrected chi connectivity index (χ1v) is 6.31. The van der Waals surface area contributed by atoms with E-state index < -0.39 is 0 Å². The summed E-state index contributed by atoms with van der Waals surface area (Å²) in [4.78, 5) is 0. The molecule has 0 unspecified atom stereocenters. The number of rotatable bonds is 5. The van der Waals surface area contributed by atoms with E-state index in [1.54, 1.807) is 0 Å². The molecule has 0 saturated carbocycles. The average Bonchev–Trinajstić information content (AvgIpc) is 2.80. The van der Waals surface area contributed by atoms with E-state index in [0.717, 1.165) is 29.7 Å². The van der Waals surface area contributed by atoms with E-state index in [1.807, 2.05) is 24.3 Å². The molecular formula is C13H18ClNO. The van der Waals surface area contributed by atoms with Crippen LogP contribution in [0.15, 0.2) is 24.3 Å². The van der Waals surface area contributed by atoms with E-state index in [0.29, 0.717) is 0 Å². The quantitative estimate of drug-likeness (QED) is 0.798. The van der Waals surface area contributed by atoms with E-state index in [-0.39, 0.29) is 0 Å². The van der Waals surface area contributed by atoms with Gasteiger partial charge in [-0.3, -0.25) is 0 Å². The molecule has 1 heterocycles. The number of hydrogen-bond acceptors (Lipinski definition) is 2. The predicted octanol–water partition coefficient (Wildman–Crippen LogP) is 3.11. The molecule has 0 spiro atoms. The number of benzene rings is 1. The highest BCUT2D eigenvalue weighted by Gasteiger charge is 2.13. The van der Waals surface area contributed by atoms with Gasteiger partial charge in [0.15, 0.2) is 0 Å². The maximum absolute atomic E-state index is 5.80. The monoisotopic (exact) mass is 239 g/mol. The van der Waals surface area contributed by atoms with E-state index in [1.165, 1.54) is 25.9 Å². The molecule has 1 fully saturated rings. The van der Waals surface area contributed by atoms with Gasteiger partial charge in [0.05, 0.1) is 6.61 Å². The molecule has 0 bridgehead atoms. The van der Waals surface area contributed by atoms with E-state index >= 15 is 0 Å². The minimum atomic E-state index is 0.754. The third-order valence-corrected chi connectivity index (χ3v) is 3.25. The normalized spacial score (nSPS) is 19.9. The van der Waals surface area contributed by atoms with Gasteiger partial charge in [0.2, 0.25) is 0 Å². The molecule has 0 amide bonds. The minimum absolute atomic E-state index is 0.754. The van der Waals surface area contributed by atoms with Crippen molar-refractivity contribution in [2.45, 2.75) is 19.3 Å². The molecule has 0 aliphatic carbocycles. The molecule has 3 heteroatoms. The highest BCUT2D eigenvalue weighted by Crippen LogP contribution is 2.17. The van der Waals surface area contributed by atoms with Crippen LogP contribution in [0.3, 0.4) is 0 Å². The lowest BCUT2D eigenvalue weighted by Gasteiger charge is -2.09. The Labute approximate surface area is 102 Å². The van der Waals surface area contributed by atoms with Gasteiger partial charge in [-0.05, 0) is 62.5 Å². The number of nitrogens with one attached hydrogen (secondary N) is 1. The summed E-state index contributed by atoms with van der Waals surface area (Å²) in [5, 5.41) is 4.14. The molecule has 1 saturated heterocycles. The van der Waals surface area contributed by atoms with Crippen molar-refractivity contribution in [3.05, 3.63) is 29.3 Å². The third-order valence-electron chi connectivity index (χ3n) is 3.00. The Kier molecular flexibility index (Phi) is 4.49. The molecular weight excluding hydrogens is 222 g/mol. The molecule has 1 aromatic rings. The van der Waals surface area contributed by atoms with Crippen LogP contribution in [0.2, 0.25) is 5.02 Å². The molecule has 2 nitrogen and oxygen atoms in total. The fourth-order valence-corrected chi connectivity index (χ4v) is 2.18. The summed E-state index contributed by atoms with van der Waals surface area (Å²) in [5.41, 5.74) is 0. The van der Waals surface area contributed by atoms with Crippen LogP contribution in [-0.2, 0) is 0 Å². The Balaban J connectivity index is 1.62. The van der Waals surface area contributed by atoms with E-state index in [9.17, 15) is 0 Å². The lowest BCUT2D eigenvalue weighted by molar-refractivity contribution is 0.295. The highest BCUT2D eigenvalue weighted by atomic mass is 35.5. The summed E-state index contributed by atoms with van der Waals surface area (Å²) in [7, 11) is 0. The Morgan fingerprint density at radius 1 is 1.31 bits per heavy atom. The maximum Gasteiger partial charge on any atom is 0.119 e. The zero-order valence-corrected chi connectivity index (χ0v) is 10.2. The van der Waals surface area contributed by atoms with Crippen molar-refractivity contribution in [2.75, 3.05) is 19.7 Å². The summed E-state index contributed by atoms with van der Waals surface area (Å²) in [6.07, 6.45) is 3.72. The Morgan fingerprint density at radius 3 is 2.81 bits per heavy atom. The van der Waals surface area contributed by atoms with Crippen molar-refractivity contribution in [1.29, 1.82) is 0 Å². The standard InChI is InChI=1S/C13H18ClNO/c14-12-3-5-13(6-4-12)16-9-1-2-11-7-8-15-10-11/h3-6,11,15H,1-2,7-10H2/t11-/m0/s1. The van der Waals surface area contributed by atoms with Crippen LogP contribution in [0.25, 0.3) is 0 Å². The summed E-state index contributed by atoms with van der Waals surface area (Å²) >= 11 is 5.80. The second-order valence-electron chi connectivity index (χ2n) is 4.30. The van der Waals surface area contributed by atoms with Crippen molar-refractivity contribution in [2.24, 2.45) is 5.92 Å². The van der Waals surface area contributed by atoms with Crippen LogP contribution in [0, 0.1) is 5.92 Å². The number of hydrogen-bond donors (Lipinski definition) is 1. The van der Waals surface area contributed by atoms with Gasteiger partial charge < -0.3 is 10.1 Å². The van der Waals surface area contributed by atoms with Crippen LogP contribution < -0.4 is 10.1 Å². The van der Waals surface area contributed by atoms with E-state index in [4.69, 9.17) is 16.3 Å². The minimum Gasteiger partial charge on any atom is -0.494 e. The SMILES string of the molecule is Clc1ccc(OCCC[C@H]2CCNC2)cc1. The zero-order valence-electron chi connectivity index (χ0n) is 9.42. The Hall–Kier alpha value is -0.730. The van der Waals surface area contributed by atoms with Gasteiger partial charge in [-0.25, -0.2) is 0 Å². The van der Waals surface area contributed by atoms with Crippen molar-refractivity contribution in [3.8, 4) is 5.75 Å². The first kappa shape index (κ1) is 11.7. The van der Waals surface area contributed by atoms with Gasteiger partial charge in [-0.15, -0.1) is 0 Å². The smallest absolute Gasteiger partial charge is 0.119 e. The van der Waals surface area contributed by atoms with Gasteiger partial charge in [-0.1, -0.05) is 11.6 Å². The Morgan fingerprint density at radius 2 is 2.12 bits per heavy atom. The largest absolute Gasteiger partial charge is 0.494 e. The lowest BCUT2D eigenvalue weighted by Crippen LogP contribution is -2.09. The molecule has 1 N–H and O–H groups in total. The highest BCUT2D eigenvalue weighted by molar-refractivity contribution is 6.30. The van der Waals surface area contributed by atoms with Gasteiger partial charge in [-0.2, -0.15) is 0 Å². The van der Waals surface area contributed by atoms with Crippen molar-refractivity contribution < 1.29 is 4.74 Å². The summed E-state index contributed by atoms with van der Waals surface area (Å²) < 4.78 is 5.64. The Bertz CT molecular complexity index is 306. The molecule has 1 aromatic carbocycles. The van der Waals surface area contributed by atoms with Crippen LogP contribution >= 0.6 is 11.6 Å². The van der Waals surface area contributed by atoms with Gasteiger partial charge in [0.1, 0.15) is 5.75 Å². The maximum atomic E-state index is 5.80. The second-order valence-corrected chi connectivity index (χ2v) is 4.74. The topological polar surface area (TPSA) is 21.3 Å². The van der Waals surface area contributed by atoms with Gasteiger partial charge >= 0.3 is 0 Å². The predicted molar refractivity (Wildman–Crippen MR) is 67.2 cm³/mol. The average molecular weight is 240 g/mol. The zero-order chi connectivity index (χ0) is 11.2. The van der Waals surface area contributed by atoms with Crippen molar-refractivity contribution in [3.63, 3.8) is 0 Å². The molecule has 0 aromatic heterocycles. The van der Waals surface area contributed by atoms with Crippen molar-refractivity contribution in [1.82, 2.24) is 5.32 Å². The van der Waals surface area contributed by atoms with Crippen LogP contribution in [0.4, 0.5) is 0 Å². The first-order chi connectivity index (χ1) is 7.84. The molecule has 88 valence electrons. The van der Waals surface area contributed by atoms with E-state index in [2.05, 4.69) is 5.32 Å². The summed E-state index contributed by atoms with van der Waals surface area (Å²) in [6, 6.07) is 7.55. The third kappa shape index (κ3) is 3.69. The molecule has 1 aliphatic rings. The number of ether oxygens (including phenoxy) is 1. The number of halogens is 1. The molecule has 1 aliphatic heterocycles. The summed E-state index contributed by atoms with van der Waals surface area (Å²) in [6.45, 7) is 3.17. The van der Waals surface area contributed by atoms with Gasteiger partial charge in [0.25, 0.3) is 0 Å². The van der Waals surface area contributed by atoms with Crippen LogP contribution in [0.5, 0.6) is 5.75 Å². The van der Waals surface area contributed by atoms with Crippen LogP contribution in [-0.4, -0.2) is 19.7 Å². The lowest BCUT2D eigenvalue weighted by atomic mass is 10.0. The van der Waals surface area contributed by atoms with Gasteiger partial charge in [0, 0.05) is 5.02 Å². The second kappa shape index (κ2) is 6.12. The fraction of sp³-hybridized carbons (Fsp3) is 0.538. The first-order valence-electron chi connectivity index (χ1n) is 5.94. The molecule has 2 rings (SSSR count).